The van der Waals surface area contributed by atoms with E-state index < -0.39 is 34.4 Å². The fraction of sp³-hybridized carbons (Fsp3) is 0.192. The molecule has 1 atom stereocenters. The fourth-order valence-corrected chi connectivity index (χ4v) is 5.58. The Morgan fingerprint density at radius 1 is 1.13 bits per heavy atom. The van der Waals surface area contributed by atoms with Crippen molar-refractivity contribution < 1.29 is 29.2 Å². The summed E-state index contributed by atoms with van der Waals surface area (Å²) in [7, 11) is 1.21. The van der Waals surface area contributed by atoms with E-state index >= 15 is 0 Å². The minimum atomic E-state index is -1.20. The molecule has 13 heteroatoms. The Morgan fingerprint density at radius 3 is 2.44 bits per heavy atom. The van der Waals surface area contributed by atoms with Crippen LogP contribution in [0.25, 0.3) is 11.4 Å². The molecule has 3 aromatic heterocycles. The molecule has 1 unspecified atom stereocenters. The van der Waals surface area contributed by atoms with Crippen molar-refractivity contribution in [3.8, 4) is 0 Å². The van der Waals surface area contributed by atoms with Crippen LogP contribution in [-0.2, 0) is 14.3 Å². The first-order valence-electron chi connectivity index (χ1n) is 11.6. The van der Waals surface area contributed by atoms with Gasteiger partial charge in [-0.05, 0) is 50.1 Å². The number of carbonyl (C=O) groups is 3. The zero-order valence-corrected chi connectivity index (χ0v) is 22.0. The number of aryl methyl sites for hydroxylation is 3. The maximum atomic E-state index is 13.5. The highest BCUT2D eigenvalue weighted by Crippen LogP contribution is 2.44. The molecule has 39 heavy (non-hydrogen) atoms. The van der Waals surface area contributed by atoms with Gasteiger partial charge < -0.3 is 14.2 Å². The second kappa shape index (κ2) is 9.44. The van der Waals surface area contributed by atoms with E-state index in [-0.39, 0.29) is 32.7 Å². The lowest BCUT2D eigenvalue weighted by Crippen LogP contribution is -2.29. The molecule has 0 aliphatic carbocycles. The standard InChI is InChI=1S/C26H21N5O7S/c1-12-6-5-11-29-14(3)18(28-23(12)29)20(32)17-19(15-7-9-16(10-8-15)31(36)37)30(24(34)21(17)33)26-27-13(2)22(39-26)25(35)38-4/h5-11,19,32H,1-4H3. The molecule has 12 nitrogen and oxygen atoms in total. The van der Waals surface area contributed by atoms with E-state index in [1.165, 1.54) is 31.4 Å². The van der Waals surface area contributed by atoms with E-state index in [2.05, 4.69) is 9.97 Å². The van der Waals surface area contributed by atoms with Crippen LogP contribution >= 0.6 is 11.3 Å². The molecule has 4 heterocycles. The van der Waals surface area contributed by atoms with Crippen molar-refractivity contribution in [1.29, 1.82) is 0 Å². The number of imidazole rings is 1. The van der Waals surface area contributed by atoms with E-state index in [4.69, 9.17) is 4.74 Å². The van der Waals surface area contributed by atoms with Gasteiger partial charge in [0.25, 0.3) is 11.5 Å². The first-order chi connectivity index (χ1) is 18.5. The molecule has 4 aromatic rings. The summed E-state index contributed by atoms with van der Waals surface area (Å²) in [4.78, 5) is 59.9. The highest BCUT2D eigenvalue weighted by atomic mass is 32.1. The summed E-state index contributed by atoms with van der Waals surface area (Å²) in [5.74, 6) is -3.13. The normalized spacial score (nSPS) is 16.7. The Morgan fingerprint density at radius 2 is 1.82 bits per heavy atom. The number of aliphatic hydroxyl groups is 1. The van der Waals surface area contributed by atoms with Gasteiger partial charge >= 0.3 is 11.9 Å². The number of nitro groups is 1. The lowest BCUT2D eigenvalue weighted by atomic mass is 9.96. The number of aliphatic hydroxyl groups excluding tert-OH is 1. The van der Waals surface area contributed by atoms with Gasteiger partial charge in [-0.3, -0.25) is 24.6 Å². The van der Waals surface area contributed by atoms with E-state index in [0.29, 0.717) is 16.9 Å². The molecular formula is C26H21N5O7S. The summed E-state index contributed by atoms with van der Waals surface area (Å²) in [5.41, 5.74) is 2.20. The molecule has 0 saturated carbocycles. The first kappa shape index (κ1) is 25.7. The van der Waals surface area contributed by atoms with Crippen molar-refractivity contribution in [2.45, 2.75) is 26.8 Å². The number of benzene rings is 1. The number of pyridine rings is 1. The van der Waals surface area contributed by atoms with Gasteiger partial charge in [-0.2, -0.15) is 0 Å². The summed E-state index contributed by atoms with van der Waals surface area (Å²) >= 11 is 0.855. The third kappa shape index (κ3) is 4.03. The first-order valence-corrected chi connectivity index (χ1v) is 12.4. The molecule has 1 amide bonds. The second-order valence-corrected chi connectivity index (χ2v) is 9.83. The number of aromatic nitrogens is 3. The van der Waals surface area contributed by atoms with Crippen LogP contribution < -0.4 is 4.90 Å². The molecule has 1 saturated heterocycles. The largest absolute Gasteiger partial charge is 0.505 e. The van der Waals surface area contributed by atoms with Crippen LogP contribution in [0.15, 0.2) is 48.2 Å². The fourth-order valence-electron chi connectivity index (χ4n) is 4.56. The summed E-state index contributed by atoms with van der Waals surface area (Å²) in [5, 5.41) is 22.8. The quantitative estimate of drug-likeness (QED) is 0.0972. The van der Waals surface area contributed by atoms with Gasteiger partial charge in [-0.15, -0.1) is 0 Å². The molecule has 1 fully saturated rings. The number of thiazole rings is 1. The van der Waals surface area contributed by atoms with Crippen LogP contribution in [-0.4, -0.2) is 49.2 Å². The molecule has 1 aliphatic heterocycles. The Labute approximate surface area is 225 Å². The molecule has 0 radical (unpaired) electrons. The smallest absolute Gasteiger partial charge is 0.350 e. The van der Waals surface area contributed by atoms with Crippen molar-refractivity contribution in [2.24, 2.45) is 0 Å². The van der Waals surface area contributed by atoms with E-state index in [9.17, 15) is 29.6 Å². The van der Waals surface area contributed by atoms with Gasteiger partial charge in [0.2, 0.25) is 0 Å². The van der Waals surface area contributed by atoms with Crippen LogP contribution in [0.2, 0.25) is 0 Å². The summed E-state index contributed by atoms with van der Waals surface area (Å²) in [6.07, 6.45) is 1.76. The van der Waals surface area contributed by atoms with Gasteiger partial charge in [0, 0.05) is 18.3 Å². The number of carbonyl (C=O) groups excluding carboxylic acids is 3. The van der Waals surface area contributed by atoms with Crippen molar-refractivity contribution in [3.05, 3.63) is 91.4 Å². The van der Waals surface area contributed by atoms with Gasteiger partial charge in [0.1, 0.15) is 16.2 Å². The number of nitrogens with zero attached hydrogens (tertiary/aromatic N) is 5. The highest BCUT2D eigenvalue weighted by molar-refractivity contribution is 7.17. The van der Waals surface area contributed by atoms with Gasteiger partial charge in [0.15, 0.2) is 10.9 Å². The number of methoxy groups -OCH3 is 1. The van der Waals surface area contributed by atoms with Crippen molar-refractivity contribution in [3.63, 3.8) is 0 Å². The summed E-state index contributed by atoms with van der Waals surface area (Å²) in [6.45, 7) is 5.13. The lowest BCUT2D eigenvalue weighted by molar-refractivity contribution is -0.384. The predicted molar refractivity (Wildman–Crippen MR) is 141 cm³/mol. The number of anilines is 1. The molecule has 0 bridgehead atoms. The highest BCUT2D eigenvalue weighted by Gasteiger charge is 2.49. The van der Waals surface area contributed by atoms with Crippen molar-refractivity contribution in [2.75, 3.05) is 12.0 Å². The van der Waals surface area contributed by atoms with Gasteiger partial charge in [0.05, 0.1) is 35.0 Å². The Kier molecular flexibility index (Phi) is 6.23. The minimum absolute atomic E-state index is 0.0278. The van der Waals surface area contributed by atoms with Crippen LogP contribution in [0.5, 0.6) is 0 Å². The van der Waals surface area contributed by atoms with Crippen molar-refractivity contribution in [1.82, 2.24) is 14.4 Å². The number of ether oxygens (including phenoxy) is 1. The number of ketones is 1. The number of nitro benzene ring substituents is 1. The van der Waals surface area contributed by atoms with E-state index in [0.717, 1.165) is 21.8 Å². The van der Waals surface area contributed by atoms with Crippen LogP contribution in [0.1, 0.15) is 43.9 Å². The number of fused-ring (bicyclic) bond motifs is 1. The van der Waals surface area contributed by atoms with Crippen molar-refractivity contribution >= 4 is 51.2 Å². The maximum Gasteiger partial charge on any atom is 0.350 e. The Hall–Kier alpha value is -4.91. The predicted octanol–water partition coefficient (Wildman–Crippen LogP) is 4.04. The molecule has 1 N–H and O–H groups in total. The van der Waals surface area contributed by atoms with Crippen LogP contribution in [0, 0.1) is 30.9 Å². The van der Waals surface area contributed by atoms with E-state index in [1.54, 1.807) is 24.4 Å². The Bertz CT molecular complexity index is 1740. The van der Waals surface area contributed by atoms with E-state index in [1.807, 2.05) is 19.1 Å². The number of hydrogen-bond acceptors (Lipinski definition) is 10. The van der Waals surface area contributed by atoms with Crippen LogP contribution in [0.3, 0.4) is 0 Å². The van der Waals surface area contributed by atoms with Crippen LogP contribution in [0.4, 0.5) is 10.8 Å². The van der Waals surface area contributed by atoms with Gasteiger partial charge in [-0.25, -0.2) is 14.8 Å². The SMILES string of the molecule is COC(=O)c1sc(N2C(=O)C(=O)C(=C(O)c3nc4c(C)cccn4c3C)C2c2ccc([N+](=O)[O-])cc2)nc1C. The second-order valence-electron chi connectivity index (χ2n) is 8.85. The lowest BCUT2D eigenvalue weighted by Gasteiger charge is -2.22. The maximum absolute atomic E-state index is 13.5. The molecule has 0 spiro atoms. The monoisotopic (exact) mass is 547 g/mol. The topological polar surface area (TPSA) is 157 Å². The zero-order valence-electron chi connectivity index (χ0n) is 21.2. The average Bonchev–Trinajstić information content (AvgIpc) is 3.55. The summed E-state index contributed by atoms with van der Waals surface area (Å²) < 4.78 is 6.55. The number of amides is 1. The molecule has 5 rings (SSSR count). The average molecular weight is 548 g/mol. The molecule has 1 aliphatic rings. The third-order valence-corrected chi connectivity index (χ3v) is 7.67. The number of rotatable bonds is 5. The molecule has 1 aromatic carbocycles. The zero-order chi connectivity index (χ0) is 28.2. The number of non-ortho nitro benzene ring substituents is 1. The molecule has 198 valence electrons. The van der Waals surface area contributed by atoms with Gasteiger partial charge in [-0.1, -0.05) is 17.4 Å². The third-order valence-electron chi connectivity index (χ3n) is 6.53. The number of hydrogen-bond donors (Lipinski definition) is 1. The minimum Gasteiger partial charge on any atom is -0.505 e. The number of Topliss-reactive ketones (excluding diaryl/α,β-unsaturated/α-hetero) is 1. The summed E-state index contributed by atoms with van der Waals surface area (Å²) in [6, 6.07) is 7.75. The molecular weight excluding hydrogens is 526 g/mol. The number of esters is 1. The Balaban J connectivity index is 1.75.